The monoisotopic (exact) mass is 197 g/mol. The summed E-state index contributed by atoms with van der Waals surface area (Å²) in [5.74, 6) is 1.78. The summed E-state index contributed by atoms with van der Waals surface area (Å²) < 4.78 is 5.10. The molecule has 1 rings (SSSR count). The molecule has 1 heterocycles. The summed E-state index contributed by atoms with van der Waals surface area (Å²) in [6.07, 6.45) is 1.61. The first-order valence-electron chi connectivity index (χ1n) is 5.00. The Hall–Kier alpha value is -0.900. The molecule has 0 fully saturated rings. The highest BCUT2D eigenvalue weighted by molar-refractivity contribution is 4.92. The average Bonchev–Trinajstić information content (AvgIpc) is 2.47. The van der Waals surface area contributed by atoms with E-state index < -0.39 is 0 Å². The quantitative estimate of drug-likeness (QED) is 0.800. The fourth-order valence-corrected chi connectivity index (χ4v) is 1.03. The molecule has 80 valence electrons. The largest absolute Gasteiger partial charge is 0.339 e. The predicted octanol–water partition coefficient (Wildman–Crippen LogP) is 1.86. The van der Waals surface area contributed by atoms with Crippen molar-refractivity contribution < 1.29 is 4.52 Å². The molecule has 0 radical (unpaired) electrons. The van der Waals surface area contributed by atoms with Gasteiger partial charge in [-0.1, -0.05) is 19.0 Å². The first-order chi connectivity index (χ1) is 6.38. The van der Waals surface area contributed by atoms with Crippen LogP contribution in [0.4, 0.5) is 0 Å². The summed E-state index contributed by atoms with van der Waals surface area (Å²) in [7, 11) is 0. The Kier molecular flexibility index (Phi) is 3.26. The van der Waals surface area contributed by atoms with Crippen LogP contribution < -0.4 is 5.73 Å². The van der Waals surface area contributed by atoms with Crippen molar-refractivity contribution in [2.45, 2.75) is 52.0 Å². The van der Waals surface area contributed by atoms with E-state index in [0.717, 1.165) is 18.7 Å². The Balaban J connectivity index is 2.52. The van der Waals surface area contributed by atoms with Gasteiger partial charge >= 0.3 is 0 Å². The molecule has 1 aromatic rings. The van der Waals surface area contributed by atoms with Gasteiger partial charge in [-0.05, 0) is 20.3 Å². The minimum absolute atomic E-state index is 0.174. The third kappa shape index (κ3) is 3.46. The topological polar surface area (TPSA) is 64.9 Å². The molecule has 0 amide bonds. The van der Waals surface area contributed by atoms with E-state index in [1.165, 1.54) is 0 Å². The summed E-state index contributed by atoms with van der Waals surface area (Å²) in [4.78, 5) is 4.28. The molecule has 0 bridgehead atoms. The molecule has 0 atom stereocenters. The van der Waals surface area contributed by atoms with Crippen LogP contribution in [-0.2, 0) is 6.42 Å². The predicted molar refractivity (Wildman–Crippen MR) is 55.0 cm³/mol. The first kappa shape index (κ1) is 11.2. The molecule has 0 aliphatic rings. The number of nitrogens with two attached hydrogens (primary N) is 1. The van der Waals surface area contributed by atoms with Crippen LogP contribution in [0.2, 0.25) is 0 Å². The lowest BCUT2D eigenvalue weighted by Crippen LogP contribution is -2.32. The van der Waals surface area contributed by atoms with Crippen LogP contribution in [0.3, 0.4) is 0 Å². The Morgan fingerprint density at radius 1 is 1.43 bits per heavy atom. The molecule has 2 N–H and O–H groups in total. The third-order valence-electron chi connectivity index (χ3n) is 1.98. The van der Waals surface area contributed by atoms with E-state index in [0.29, 0.717) is 11.8 Å². The molecular weight excluding hydrogens is 178 g/mol. The van der Waals surface area contributed by atoms with Gasteiger partial charge < -0.3 is 10.3 Å². The number of rotatable bonds is 4. The van der Waals surface area contributed by atoms with E-state index in [4.69, 9.17) is 10.3 Å². The van der Waals surface area contributed by atoms with E-state index in [2.05, 4.69) is 10.1 Å². The lowest BCUT2D eigenvalue weighted by atomic mass is 10.0. The van der Waals surface area contributed by atoms with E-state index >= 15 is 0 Å². The van der Waals surface area contributed by atoms with Gasteiger partial charge in [-0.15, -0.1) is 0 Å². The fraction of sp³-hybridized carbons (Fsp3) is 0.800. The zero-order chi connectivity index (χ0) is 10.8. The van der Waals surface area contributed by atoms with Crippen LogP contribution in [0.5, 0.6) is 0 Å². The number of hydrogen-bond acceptors (Lipinski definition) is 4. The molecule has 1 aromatic heterocycles. The van der Waals surface area contributed by atoms with E-state index in [-0.39, 0.29) is 5.54 Å². The molecule has 0 aliphatic heterocycles. The minimum Gasteiger partial charge on any atom is -0.339 e. The molecule has 0 spiro atoms. The molecule has 4 heteroatoms. The van der Waals surface area contributed by atoms with Crippen LogP contribution in [0.15, 0.2) is 4.52 Å². The second kappa shape index (κ2) is 4.09. The van der Waals surface area contributed by atoms with Crippen LogP contribution in [0.1, 0.15) is 51.7 Å². The van der Waals surface area contributed by atoms with Gasteiger partial charge in [0.1, 0.15) is 0 Å². The van der Waals surface area contributed by atoms with E-state index in [1.54, 1.807) is 0 Å². The van der Waals surface area contributed by atoms with Crippen molar-refractivity contribution in [3.8, 4) is 0 Å². The molecule has 4 nitrogen and oxygen atoms in total. The molecule has 0 saturated carbocycles. The van der Waals surface area contributed by atoms with Crippen molar-refractivity contribution in [3.05, 3.63) is 11.7 Å². The van der Waals surface area contributed by atoms with Gasteiger partial charge in [-0.3, -0.25) is 0 Å². The van der Waals surface area contributed by atoms with Gasteiger partial charge in [0.05, 0.1) is 0 Å². The maximum atomic E-state index is 5.86. The standard InChI is InChI=1S/C10H19N3O/c1-7(2)9-12-8(14-13-9)5-6-10(3,4)11/h7H,5-6,11H2,1-4H3. The summed E-state index contributed by atoms with van der Waals surface area (Å²) in [6, 6.07) is 0. The highest BCUT2D eigenvalue weighted by Gasteiger charge is 2.14. The van der Waals surface area contributed by atoms with Crippen molar-refractivity contribution in [2.24, 2.45) is 5.73 Å². The maximum absolute atomic E-state index is 5.86. The Morgan fingerprint density at radius 3 is 2.50 bits per heavy atom. The van der Waals surface area contributed by atoms with Gasteiger partial charge in [0, 0.05) is 17.9 Å². The lowest BCUT2D eigenvalue weighted by molar-refractivity contribution is 0.353. The summed E-state index contributed by atoms with van der Waals surface area (Å²) in [5, 5.41) is 3.89. The Morgan fingerprint density at radius 2 is 2.07 bits per heavy atom. The van der Waals surface area contributed by atoms with E-state index in [1.807, 2.05) is 27.7 Å². The van der Waals surface area contributed by atoms with Gasteiger partial charge in [-0.2, -0.15) is 4.98 Å². The molecular formula is C10H19N3O. The van der Waals surface area contributed by atoms with E-state index in [9.17, 15) is 0 Å². The minimum atomic E-state index is -0.174. The second-order valence-corrected chi connectivity index (χ2v) is 4.69. The number of hydrogen-bond donors (Lipinski definition) is 1. The number of aromatic nitrogens is 2. The SMILES string of the molecule is CC(C)c1noc(CCC(C)(C)N)n1. The third-order valence-corrected chi connectivity index (χ3v) is 1.98. The zero-order valence-corrected chi connectivity index (χ0v) is 9.37. The van der Waals surface area contributed by atoms with Crippen molar-refractivity contribution in [1.29, 1.82) is 0 Å². The van der Waals surface area contributed by atoms with Gasteiger partial charge in [0.2, 0.25) is 5.89 Å². The summed E-state index contributed by atoms with van der Waals surface area (Å²) in [5.41, 5.74) is 5.69. The molecule has 14 heavy (non-hydrogen) atoms. The Labute approximate surface area is 84.9 Å². The molecule has 0 aromatic carbocycles. The van der Waals surface area contributed by atoms with Crippen LogP contribution in [0, 0.1) is 0 Å². The highest BCUT2D eigenvalue weighted by atomic mass is 16.5. The fourth-order valence-electron chi connectivity index (χ4n) is 1.03. The van der Waals surface area contributed by atoms with Crippen LogP contribution in [-0.4, -0.2) is 15.7 Å². The van der Waals surface area contributed by atoms with Crippen LogP contribution in [0.25, 0.3) is 0 Å². The number of nitrogens with zero attached hydrogens (tertiary/aromatic N) is 2. The normalized spacial score (nSPS) is 12.4. The van der Waals surface area contributed by atoms with Gasteiger partial charge in [-0.25, -0.2) is 0 Å². The van der Waals surface area contributed by atoms with Gasteiger partial charge in [0.15, 0.2) is 5.82 Å². The molecule has 0 saturated heterocycles. The van der Waals surface area contributed by atoms with Crippen LogP contribution >= 0.6 is 0 Å². The van der Waals surface area contributed by atoms with Crippen molar-refractivity contribution >= 4 is 0 Å². The van der Waals surface area contributed by atoms with Gasteiger partial charge in [0.25, 0.3) is 0 Å². The van der Waals surface area contributed by atoms with Crippen molar-refractivity contribution in [1.82, 2.24) is 10.1 Å². The number of aryl methyl sites for hydroxylation is 1. The van der Waals surface area contributed by atoms with Crippen molar-refractivity contribution in [2.75, 3.05) is 0 Å². The molecule has 0 aliphatic carbocycles. The lowest BCUT2D eigenvalue weighted by Gasteiger charge is -2.16. The average molecular weight is 197 g/mol. The summed E-state index contributed by atoms with van der Waals surface area (Å²) >= 11 is 0. The van der Waals surface area contributed by atoms with Crippen molar-refractivity contribution in [3.63, 3.8) is 0 Å². The first-order valence-corrected chi connectivity index (χ1v) is 5.00. The smallest absolute Gasteiger partial charge is 0.226 e. The highest BCUT2D eigenvalue weighted by Crippen LogP contribution is 2.13. The zero-order valence-electron chi connectivity index (χ0n) is 9.37. The second-order valence-electron chi connectivity index (χ2n) is 4.69. The molecule has 0 unspecified atom stereocenters. The summed E-state index contributed by atoms with van der Waals surface area (Å²) in [6.45, 7) is 8.07. The maximum Gasteiger partial charge on any atom is 0.226 e. The Bertz CT molecular complexity index is 286.